The van der Waals surface area contributed by atoms with Gasteiger partial charge in [-0.05, 0) is 22.2 Å². The van der Waals surface area contributed by atoms with Gasteiger partial charge in [0.2, 0.25) is 5.71 Å². The normalized spacial score (nSPS) is 22.6. The lowest BCUT2D eigenvalue weighted by Crippen LogP contribution is -2.28. The zero-order valence-corrected chi connectivity index (χ0v) is 14.8. The molecule has 1 N–H and O–H groups in total. The quantitative estimate of drug-likeness (QED) is 0.515. The monoisotopic (exact) mass is 339 g/mol. The van der Waals surface area contributed by atoms with Gasteiger partial charge in [0.1, 0.15) is 5.71 Å². The van der Waals surface area contributed by atoms with E-state index in [0.29, 0.717) is 5.92 Å². The Labute approximate surface area is 152 Å². The van der Waals surface area contributed by atoms with Crippen LogP contribution >= 0.6 is 0 Å². The van der Waals surface area contributed by atoms with Crippen molar-refractivity contribution in [3.8, 4) is 6.07 Å². The van der Waals surface area contributed by atoms with E-state index in [2.05, 4.69) is 37.9 Å². The molecule has 1 heterocycles. The lowest BCUT2D eigenvalue weighted by Gasteiger charge is -2.11. The second-order valence-corrected chi connectivity index (χ2v) is 7.28. The van der Waals surface area contributed by atoms with Crippen LogP contribution in [0, 0.1) is 34.0 Å². The van der Waals surface area contributed by atoms with Crippen LogP contribution in [-0.2, 0) is 0 Å². The van der Waals surface area contributed by atoms with Crippen molar-refractivity contribution >= 4 is 17.3 Å². The van der Waals surface area contributed by atoms with Gasteiger partial charge in [0.25, 0.3) is 0 Å². The van der Waals surface area contributed by atoms with Crippen LogP contribution in [0.1, 0.15) is 25.0 Å². The lowest BCUT2D eigenvalue weighted by molar-refractivity contribution is -0.476. The van der Waals surface area contributed by atoms with E-state index in [9.17, 15) is 5.26 Å². The van der Waals surface area contributed by atoms with Gasteiger partial charge in [-0.2, -0.15) is 5.26 Å². The number of hydrogen-bond acceptors (Lipinski definition) is 3. The Morgan fingerprint density at radius 1 is 1.00 bits per heavy atom. The van der Waals surface area contributed by atoms with E-state index < -0.39 is 0 Å². The number of hydrogen-bond donors (Lipinski definition) is 1. The molecule has 0 spiro atoms. The lowest BCUT2D eigenvalue weighted by atomic mass is 9.98. The van der Waals surface area contributed by atoms with Crippen LogP contribution < -0.4 is 0 Å². The smallest absolute Gasteiger partial charge is 0.252 e. The Balaban J connectivity index is 2.01. The van der Waals surface area contributed by atoms with Gasteiger partial charge < -0.3 is 0 Å². The molecule has 126 valence electrons. The maximum absolute atomic E-state index is 9.54. The summed E-state index contributed by atoms with van der Waals surface area (Å²) in [6.45, 7) is 4.49. The molecular formula is C22H19N4+. The molecule has 1 aliphatic carbocycles. The van der Waals surface area contributed by atoms with Crippen LogP contribution in [0.5, 0.6) is 0 Å². The minimum atomic E-state index is 0.0389. The fraction of sp³-hybridized carbons (Fsp3) is 0.227. The van der Waals surface area contributed by atoms with E-state index >= 15 is 0 Å². The Hall–Kier alpha value is -3.28. The van der Waals surface area contributed by atoms with Crippen molar-refractivity contribution in [2.75, 3.05) is 0 Å². The third-order valence-electron chi connectivity index (χ3n) is 5.43. The van der Waals surface area contributed by atoms with Crippen LogP contribution in [0.4, 0.5) is 0 Å². The highest BCUT2D eigenvalue weighted by Crippen LogP contribution is 2.62. The van der Waals surface area contributed by atoms with Gasteiger partial charge in [0.15, 0.2) is 6.07 Å². The Morgan fingerprint density at radius 3 is 2.12 bits per heavy atom. The van der Waals surface area contributed by atoms with E-state index in [1.165, 1.54) is 0 Å². The Kier molecular flexibility index (Phi) is 3.68. The molecule has 1 aliphatic heterocycles. The highest BCUT2D eigenvalue weighted by molar-refractivity contribution is 6.13. The van der Waals surface area contributed by atoms with Crippen molar-refractivity contribution in [1.29, 1.82) is 10.7 Å². The summed E-state index contributed by atoms with van der Waals surface area (Å²) in [4.78, 5) is 0. The highest BCUT2D eigenvalue weighted by Gasteiger charge is 2.68. The Morgan fingerprint density at radius 2 is 1.58 bits per heavy atom. The SMILES string of the molecule is CC1(C)C2C(c3ccccc3)=N[N+](C(=C=N)C#N)=C(c3ccccc3)C21. The summed E-state index contributed by atoms with van der Waals surface area (Å²) < 4.78 is 1.63. The van der Waals surface area contributed by atoms with Crippen LogP contribution in [0.25, 0.3) is 0 Å². The predicted octanol–water partition coefficient (Wildman–Crippen LogP) is 3.83. The van der Waals surface area contributed by atoms with Gasteiger partial charge in [0, 0.05) is 22.1 Å². The summed E-state index contributed by atoms with van der Waals surface area (Å²) in [5, 5.41) is 21.9. The second-order valence-electron chi connectivity index (χ2n) is 7.28. The number of nitrogens with one attached hydrogen (secondary N) is 1. The molecule has 4 rings (SSSR count). The predicted molar refractivity (Wildman–Crippen MR) is 101 cm³/mol. The zero-order chi connectivity index (χ0) is 18.3. The van der Waals surface area contributed by atoms with Crippen molar-refractivity contribution in [2.24, 2.45) is 22.4 Å². The van der Waals surface area contributed by atoms with Crippen LogP contribution in [0.3, 0.4) is 0 Å². The molecule has 1 saturated carbocycles. The minimum Gasteiger partial charge on any atom is -0.252 e. The fourth-order valence-corrected chi connectivity index (χ4v) is 4.07. The van der Waals surface area contributed by atoms with Crippen LogP contribution in [0.2, 0.25) is 0 Å². The van der Waals surface area contributed by atoms with Gasteiger partial charge in [-0.3, -0.25) is 5.41 Å². The molecule has 2 atom stereocenters. The molecule has 0 bridgehead atoms. The van der Waals surface area contributed by atoms with Crippen molar-refractivity contribution < 1.29 is 4.68 Å². The first-order valence-corrected chi connectivity index (χ1v) is 8.65. The molecule has 0 amide bonds. The zero-order valence-electron chi connectivity index (χ0n) is 14.8. The molecule has 4 nitrogen and oxygen atoms in total. The number of rotatable bonds is 3. The molecule has 2 aliphatic rings. The first-order chi connectivity index (χ1) is 12.6. The number of nitrogens with zero attached hydrogens (tertiary/aromatic N) is 3. The molecule has 1 fully saturated rings. The summed E-state index contributed by atoms with van der Waals surface area (Å²) in [7, 11) is 0. The summed E-state index contributed by atoms with van der Waals surface area (Å²) in [6, 6.07) is 22.2. The van der Waals surface area contributed by atoms with Crippen molar-refractivity contribution in [1.82, 2.24) is 0 Å². The molecule has 2 aromatic carbocycles. The molecule has 0 radical (unpaired) electrons. The third kappa shape index (κ3) is 2.34. The van der Waals surface area contributed by atoms with Gasteiger partial charge in [0.05, 0.1) is 11.8 Å². The summed E-state index contributed by atoms with van der Waals surface area (Å²) in [5.41, 5.74) is 4.20. The molecular weight excluding hydrogens is 320 g/mol. The molecule has 0 saturated heterocycles. The summed E-state index contributed by atoms with van der Waals surface area (Å²) >= 11 is 0. The Bertz CT molecular complexity index is 1020. The van der Waals surface area contributed by atoms with Crippen LogP contribution in [0.15, 0.2) is 71.5 Å². The molecule has 2 aromatic rings. The minimum absolute atomic E-state index is 0.0389. The first kappa shape index (κ1) is 16.2. The maximum Gasteiger partial charge on any atom is 0.376 e. The topological polar surface area (TPSA) is 63.0 Å². The second kappa shape index (κ2) is 5.91. The van der Waals surface area contributed by atoms with Crippen LogP contribution in [-0.4, -0.2) is 22.0 Å². The summed E-state index contributed by atoms with van der Waals surface area (Å²) in [6.07, 6.45) is 0. The number of fused-ring (bicyclic) bond motifs is 1. The van der Waals surface area contributed by atoms with Crippen molar-refractivity contribution in [3.05, 3.63) is 77.5 Å². The fourth-order valence-electron chi connectivity index (χ4n) is 4.07. The van der Waals surface area contributed by atoms with Gasteiger partial charge in [-0.15, -0.1) is 0 Å². The van der Waals surface area contributed by atoms with E-state index in [0.717, 1.165) is 22.6 Å². The van der Waals surface area contributed by atoms with Crippen molar-refractivity contribution in [2.45, 2.75) is 13.8 Å². The third-order valence-corrected chi connectivity index (χ3v) is 5.43. The van der Waals surface area contributed by atoms with Gasteiger partial charge in [-0.25, -0.2) is 0 Å². The number of benzene rings is 2. The molecule has 2 unspecified atom stereocenters. The van der Waals surface area contributed by atoms with E-state index in [-0.39, 0.29) is 17.0 Å². The van der Waals surface area contributed by atoms with Gasteiger partial charge >= 0.3 is 5.70 Å². The average molecular weight is 339 g/mol. The van der Waals surface area contributed by atoms with E-state index in [4.69, 9.17) is 10.5 Å². The van der Waals surface area contributed by atoms with Gasteiger partial charge in [-0.1, -0.05) is 62.4 Å². The molecule has 4 heteroatoms. The van der Waals surface area contributed by atoms with E-state index in [1.54, 1.807) is 4.68 Å². The summed E-state index contributed by atoms with van der Waals surface area (Å²) in [5.74, 6) is 2.80. The number of hydrazone groups is 1. The standard InChI is InChI=1S/C22H19N4/c1-22(2)18-19(22)21(16-11-7-4-8-12-16)26(17(13-23)14-24)25-20(18)15-9-5-3-6-10-15/h3-12,18-19,23H,1-2H3/q+1. The highest BCUT2D eigenvalue weighted by atomic mass is 15.4. The molecule has 26 heavy (non-hydrogen) atoms. The maximum atomic E-state index is 9.54. The number of allylic oxidation sites excluding steroid dienone is 1. The molecule has 0 aromatic heterocycles. The average Bonchev–Trinajstić information content (AvgIpc) is 3.25. The van der Waals surface area contributed by atoms with Crippen molar-refractivity contribution in [3.63, 3.8) is 0 Å². The largest absolute Gasteiger partial charge is 0.376 e. The number of nitriles is 1. The first-order valence-electron chi connectivity index (χ1n) is 8.65. The van der Waals surface area contributed by atoms with E-state index in [1.807, 2.05) is 48.5 Å².